The van der Waals surface area contributed by atoms with E-state index in [-0.39, 0.29) is 0 Å². The van der Waals surface area contributed by atoms with Crippen LogP contribution in [0.5, 0.6) is 5.75 Å². The average molecular weight is 229 g/mol. The van der Waals surface area contributed by atoms with Crippen LogP contribution in [0.3, 0.4) is 0 Å². The first-order valence-corrected chi connectivity index (χ1v) is 5.33. The van der Waals surface area contributed by atoms with E-state index in [2.05, 4.69) is 4.98 Å². The van der Waals surface area contributed by atoms with Crippen molar-refractivity contribution in [1.82, 2.24) is 10.0 Å². The van der Waals surface area contributed by atoms with E-state index in [1.54, 1.807) is 13.3 Å². The van der Waals surface area contributed by atoms with Gasteiger partial charge in [0.25, 0.3) is 0 Å². The first kappa shape index (κ1) is 10.7. The molecule has 0 amide bonds. The Kier molecular flexibility index (Phi) is 3.41. The molecule has 0 unspecified atom stereocenters. The van der Waals surface area contributed by atoms with Gasteiger partial charge in [-0.15, -0.1) is 16.7 Å². The van der Waals surface area contributed by atoms with Crippen LogP contribution in [0.1, 0.15) is 11.3 Å². The summed E-state index contributed by atoms with van der Waals surface area (Å²) in [6.45, 7) is 2.12. The molecule has 1 aliphatic rings. The van der Waals surface area contributed by atoms with Gasteiger partial charge in [0.2, 0.25) is 0 Å². The highest BCUT2D eigenvalue weighted by atomic mass is 35.5. The van der Waals surface area contributed by atoms with Crippen LogP contribution in [0.2, 0.25) is 0 Å². The molecule has 0 saturated carbocycles. The van der Waals surface area contributed by atoms with Gasteiger partial charge in [0.15, 0.2) is 5.75 Å². The minimum absolute atomic E-state index is 0.421. The van der Waals surface area contributed by atoms with Crippen molar-refractivity contribution >= 4 is 11.6 Å². The van der Waals surface area contributed by atoms with Crippen molar-refractivity contribution in [2.75, 3.05) is 20.3 Å². The molecule has 0 radical (unpaired) electrons. The van der Waals surface area contributed by atoms with Crippen molar-refractivity contribution in [2.24, 2.45) is 0 Å². The fourth-order valence-electron chi connectivity index (χ4n) is 1.55. The van der Waals surface area contributed by atoms with Gasteiger partial charge in [-0.25, -0.2) is 0 Å². The van der Waals surface area contributed by atoms with E-state index >= 15 is 0 Å². The lowest BCUT2D eigenvalue weighted by atomic mass is 10.2. The van der Waals surface area contributed by atoms with Gasteiger partial charge in [0.1, 0.15) is 0 Å². The Labute approximate surface area is 93.7 Å². The fraction of sp³-hybridized carbons (Fsp3) is 0.500. The number of alkyl halides is 1. The van der Waals surface area contributed by atoms with Crippen molar-refractivity contribution < 1.29 is 9.57 Å². The number of ether oxygens (including phenoxy) is 1. The zero-order chi connectivity index (χ0) is 10.7. The molecule has 1 aromatic rings. The molecule has 5 heteroatoms. The third-order valence-corrected chi connectivity index (χ3v) is 2.59. The Balaban J connectivity index is 2.09. The van der Waals surface area contributed by atoms with Crippen LogP contribution in [0, 0.1) is 0 Å². The molecule has 82 valence electrons. The minimum atomic E-state index is 0.421. The molecule has 0 aliphatic carbocycles. The number of aromatic nitrogens is 1. The molecule has 4 nitrogen and oxygen atoms in total. The maximum absolute atomic E-state index is 5.80. The highest BCUT2D eigenvalue weighted by Gasteiger charge is 2.23. The highest BCUT2D eigenvalue weighted by Crippen LogP contribution is 2.29. The van der Waals surface area contributed by atoms with Gasteiger partial charge >= 0.3 is 0 Å². The summed E-state index contributed by atoms with van der Waals surface area (Å²) in [5.41, 5.74) is 1.98. The molecular formula is C10H13ClN2O2. The number of hydrogen-bond donors (Lipinski definition) is 0. The normalized spacial score (nSPS) is 15.1. The van der Waals surface area contributed by atoms with Gasteiger partial charge in [-0.05, 0) is 0 Å². The largest absolute Gasteiger partial charge is 0.405 e. The third kappa shape index (κ3) is 2.22. The number of hydroxylamine groups is 2. The summed E-state index contributed by atoms with van der Waals surface area (Å²) in [4.78, 5) is 9.82. The Hall–Kier alpha value is -0.840. The smallest absolute Gasteiger partial charge is 0.155 e. The molecule has 0 fully saturated rings. The first-order valence-electron chi connectivity index (χ1n) is 4.79. The van der Waals surface area contributed by atoms with Crippen LogP contribution >= 0.6 is 11.6 Å². The molecule has 0 N–H and O–H groups in total. The summed E-state index contributed by atoms with van der Waals surface area (Å²) >= 11 is 5.80. The quantitative estimate of drug-likeness (QED) is 0.733. The summed E-state index contributed by atoms with van der Waals surface area (Å²) in [7, 11) is 1.68. The SMILES string of the molecule is COCCN1Cc2c(ccnc2CCl)O1. The lowest BCUT2D eigenvalue weighted by Crippen LogP contribution is -2.25. The van der Waals surface area contributed by atoms with E-state index in [4.69, 9.17) is 21.2 Å². The molecule has 0 bridgehead atoms. The molecule has 15 heavy (non-hydrogen) atoms. The molecule has 2 rings (SSSR count). The number of halogens is 1. The molecule has 0 aromatic carbocycles. The molecule has 1 aromatic heterocycles. The molecule has 2 heterocycles. The second-order valence-corrected chi connectivity index (χ2v) is 3.58. The third-order valence-electron chi connectivity index (χ3n) is 2.34. The van der Waals surface area contributed by atoms with Crippen LogP contribution in [0.4, 0.5) is 0 Å². The van der Waals surface area contributed by atoms with Gasteiger partial charge in [-0.1, -0.05) is 0 Å². The van der Waals surface area contributed by atoms with Crippen LogP contribution < -0.4 is 4.84 Å². The van der Waals surface area contributed by atoms with E-state index in [9.17, 15) is 0 Å². The molecule has 1 aliphatic heterocycles. The number of pyridine rings is 1. The Morgan fingerprint density at radius 2 is 2.53 bits per heavy atom. The van der Waals surface area contributed by atoms with E-state index < -0.39 is 0 Å². The number of hydrogen-bond acceptors (Lipinski definition) is 4. The van der Waals surface area contributed by atoms with Crippen molar-refractivity contribution in [2.45, 2.75) is 12.4 Å². The lowest BCUT2D eigenvalue weighted by molar-refractivity contribution is -0.0568. The van der Waals surface area contributed by atoms with Crippen LogP contribution in [0.15, 0.2) is 12.3 Å². The first-order chi connectivity index (χ1) is 7.35. The van der Waals surface area contributed by atoms with Crippen LogP contribution in [-0.2, 0) is 17.2 Å². The molecule has 0 saturated heterocycles. The second kappa shape index (κ2) is 4.79. The Morgan fingerprint density at radius 3 is 3.27 bits per heavy atom. The van der Waals surface area contributed by atoms with E-state index in [0.717, 1.165) is 30.1 Å². The molecule has 0 spiro atoms. The predicted molar refractivity (Wildman–Crippen MR) is 56.7 cm³/mol. The van der Waals surface area contributed by atoms with E-state index in [0.29, 0.717) is 12.5 Å². The van der Waals surface area contributed by atoms with Gasteiger partial charge in [0, 0.05) is 24.9 Å². The number of rotatable bonds is 4. The predicted octanol–water partition coefficient (Wildman–Crippen LogP) is 1.58. The summed E-state index contributed by atoms with van der Waals surface area (Å²) in [5, 5.41) is 1.85. The average Bonchev–Trinajstić information content (AvgIpc) is 2.68. The van der Waals surface area contributed by atoms with Crippen molar-refractivity contribution in [3.8, 4) is 5.75 Å². The zero-order valence-electron chi connectivity index (χ0n) is 8.57. The van der Waals surface area contributed by atoms with Gasteiger partial charge in [-0.2, -0.15) is 0 Å². The van der Waals surface area contributed by atoms with Gasteiger partial charge in [0.05, 0.1) is 31.3 Å². The standard InChI is InChI=1S/C10H13ClN2O2/c1-14-5-4-13-7-8-9(6-11)12-3-2-10(8)15-13/h2-3H,4-7H2,1H3. The van der Waals surface area contributed by atoms with Crippen molar-refractivity contribution in [3.05, 3.63) is 23.5 Å². The van der Waals surface area contributed by atoms with Crippen molar-refractivity contribution in [3.63, 3.8) is 0 Å². The lowest BCUT2D eigenvalue weighted by Gasteiger charge is -2.12. The van der Waals surface area contributed by atoms with E-state index in [1.807, 2.05) is 11.1 Å². The monoisotopic (exact) mass is 228 g/mol. The Morgan fingerprint density at radius 1 is 1.67 bits per heavy atom. The van der Waals surface area contributed by atoms with E-state index in [1.165, 1.54) is 0 Å². The number of fused-ring (bicyclic) bond motifs is 1. The zero-order valence-corrected chi connectivity index (χ0v) is 9.33. The minimum Gasteiger partial charge on any atom is -0.405 e. The summed E-state index contributed by atoms with van der Waals surface area (Å²) in [5.74, 6) is 1.28. The molecular weight excluding hydrogens is 216 g/mol. The summed E-state index contributed by atoms with van der Waals surface area (Å²) in [6.07, 6.45) is 1.72. The Bertz CT molecular complexity index is 346. The van der Waals surface area contributed by atoms with Crippen molar-refractivity contribution in [1.29, 1.82) is 0 Å². The molecule has 0 atom stereocenters. The van der Waals surface area contributed by atoms with Gasteiger partial charge < -0.3 is 9.57 Å². The van der Waals surface area contributed by atoms with Crippen LogP contribution in [-0.4, -0.2) is 30.3 Å². The maximum Gasteiger partial charge on any atom is 0.155 e. The highest BCUT2D eigenvalue weighted by molar-refractivity contribution is 6.17. The maximum atomic E-state index is 5.80. The summed E-state index contributed by atoms with van der Waals surface area (Å²) in [6, 6.07) is 1.86. The number of nitrogens with zero attached hydrogens (tertiary/aromatic N) is 2. The number of methoxy groups -OCH3 is 1. The topological polar surface area (TPSA) is 34.6 Å². The van der Waals surface area contributed by atoms with Gasteiger partial charge in [-0.3, -0.25) is 4.98 Å². The summed E-state index contributed by atoms with van der Waals surface area (Å²) < 4.78 is 5.00. The van der Waals surface area contributed by atoms with Crippen LogP contribution in [0.25, 0.3) is 0 Å². The second-order valence-electron chi connectivity index (χ2n) is 3.32. The fourth-order valence-corrected chi connectivity index (χ4v) is 1.78.